The lowest BCUT2D eigenvalue weighted by Gasteiger charge is -2.28. The Morgan fingerprint density at radius 1 is 1.26 bits per heavy atom. The number of carbonyl (C=O) groups is 1. The lowest BCUT2D eigenvalue weighted by Crippen LogP contribution is -2.43. The molecule has 3 rings (SSSR count). The molecule has 1 aliphatic carbocycles. The molecule has 3 nitrogen and oxygen atoms in total. The van der Waals surface area contributed by atoms with Gasteiger partial charge in [-0.1, -0.05) is 42.2 Å². The number of aryl methyl sites for hydroxylation is 1. The highest BCUT2D eigenvalue weighted by Crippen LogP contribution is 2.45. The molecule has 1 fully saturated rings. The minimum atomic E-state index is -0.275. The molecule has 1 saturated carbocycles. The van der Waals surface area contributed by atoms with Gasteiger partial charge < -0.3 is 10.6 Å². The third-order valence-corrected chi connectivity index (χ3v) is 6.29. The largest absolute Gasteiger partial charge is 0.351 e. The molecule has 0 atom stereocenters. The number of rotatable bonds is 5. The standard InChI is InChI=1S/C19H26N2OS/c1-15-4-6-17(7-5-15)23-19(10-2-3-11-19)18(22)21-14-16-8-12-20-13-9-16/h4-8,20H,2-3,9-14H2,1H3,(H,21,22). The Hall–Kier alpha value is -1.26. The van der Waals surface area contributed by atoms with Crippen LogP contribution < -0.4 is 10.6 Å². The predicted molar refractivity (Wildman–Crippen MR) is 96.8 cm³/mol. The van der Waals surface area contributed by atoms with Crippen molar-refractivity contribution in [2.45, 2.75) is 48.7 Å². The Labute approximate surface area is 143 Å². The topological polar surface area (TPSA) is 41.1 Å². The van der Waals surface area contributed by atoms with E-state index in [-0.39, 0.29) is 10.7 Å². The first-order valence-electron chi connectivity index (χ1n) is 8.61. The first kappa shape index (κ1) is 16.6. The number of benzene rings is 1. The van der Waals surface area contributed by atoms with Crippen molar-refractivity contribution in [2.24, 2.45) is 0 Å². The van der Waals surface area contributed by atoms with Gasteiger partial charge in [0.15, 0.2) is 0 Å². The SMILES string of the molecule is Cc1ccc(SC2(C(=O)NCC3=CCNCC3)CCCC2)cc1. The fourth-order valence-corrected chi connectivity index (χ4v) is 4.72. The molecule has 1 heterocycles. The zero-order valence-corrected chi connectivity index (χ0v) is 14.7. The number of nitrogens with one attached hydrogen (secondary N) is 2. The molecule has 0 aromatic heterocycles. The van der Waals surface area contributed by atoms with Crippen molar-refractivity contribution in [3.63, 3.8) is 0 Å². The first-order valence-corrected chi connectivity index (χ1v) is 9.42. The van der Waals surface area contributed by atoms with Crippen molar-refractivity contribution in [1.29, 1.82) is 0 Å². The van der Waals surface area contributed by atoms with E-state index in [1.807, 2.05) is 0 Å². The normalized spacial score (nSPS) is 20.1. The van der Waals surface area contributed by atoms with Gasteiger partial charge >= 0.3 is 0 Å². The summed E-state index contributed by atoms with van der Waals surface area (Å²) in [6.07, 6.45) is 7.52. The number of thioether (sulfide) groups is 1. The average molecular weight is 330 g/mol. The van der Waals surface area contributed by atoms with Crippen LogP contribution in [0.3, 0.4) is 0 Å². The fraction of sp³-hybridized carbons (Fsp3) is 0.526. The van der Waals surface area contributed by atoms with Gasteiger partial charge in [0.2, 0.25) is 5.91 Å². The summed E-state index contributed by atoms with van der Waals surface area (Å²) in [6, 6.07) is 8.54. The predicted octanol–water partition coefficient (Wildman–Crippen LogP) is 3.44. The maximum atomic E-state index is 12.9. The first-order chi connectivity index (χ1) is 11.2. The highest BCUT2D eigenvalue weighted by Gasteiger charge is 2.42. The summed E-state index contributed by atoms with van der Waals surface area (Å²) in [7, 11) is 0. The van der Waals surface area contributed by atoms with Gasteiger partial charge in [0.1, 0.15) is 0 Å². The molecule has 2 aliphatic rings. The van der Waals surface area contributed by atoms with Crippen molar-refractivity contribution in [1.82, 2.24) is 10.6 Å². The molecule has 0 bridgehead atoms. The van der Waals surface area contributed by atoms with Crippen LogP contribution in [0.5, 0.6) is 0 Å². The van der Waals surface area contributed by atoms with Crippen molar-refractivity contribution in [3.05, 3.63) is 41.5 Å². The lowest BCUT2D eigenvalue weighted by atomic mass is 10.1. The Bertz CT molecular complexity index is 574. The monoisotopic (exact) mass is 330 g/mol. The number of hydrogen-bond acceptors (Lipinski definition) is 3. The minimum Gasteiger partial charge on any atom is -0.351 e. The molecule has 0 radical (unpaired) electrons. The second-order valence-electron chi connectivity index (χ2n) is 6.62. The second-order valence-corrected chi connectivity index (χ2v) is 8.07. The van der Waals surface area contributed by atoms with Crippen molar-refractivity contribution in [3.8, 4) is 0 Å². The van der Waals surface area contributed by atoms with Crippen LogP contribution in [0.2, 0.25) is 0 Å². The molecule has 1 amide bonds. The van der Waals surface area contributed by atoms with Crippen LogP contribution in [0.25, 0.3) is 0 Å². The molecule has 1 aromatic rings. The van der Waals surface area contributed by atoms with Crippen molar-refractivity contribution >= 4 is 17.7 Å². The highest BCUT2D eigenvalue weighted by molar-refractivity contribution is 8.01. The summed E-state index contributed by atoms with van der Waals surface area (Å²) < 4.78 is -0.275. The third kappa shape index (κ3) is 4.18. The van der Waals surface area contributed by atoms with Crippen LogP contribution in [0.4, 0.5) is 0 Å². The van der Waals surface area contributed by atoms with E-state index < -0.39 is 0 Å². The van der Waals surface area contributed by atoms with Gasteiger partial charge in [-0.3, -0.25) is 4.79 Å². The molecule has 0 saturated heterocycles. The zero-order chi connectivity index (χ0) is 16.1. The third-order valence-electron chi connectivity index (χ3n) is 4.79. The fourth-order valence-electron chi connectivity index (χ4n) is 3.34. The van der Waals surface area contributed by atoms with E-state index in [2.05, 4.69) is 47.9 Å². The molecule has 124 valence electrons. The van der Waals surface area contributed by atoms with Crippen LogP contribution in [-0.4, -0.2) is 30.3 Å². The molecular formula is C19H26N2OS. The van der Waals surface area contributed by atoms with Crippen LogP contribution in [0, 0.1) is 6.92 Å². The van der Waals surface area contributed by atoms with Crippen LogP contribution >= 0.6 is 11.8 Å². The maximum Gasteiger partial charge on any atom is 0.236 e. The van der Waals surface area contributed by atoms with Gasteiger partial charge in [-0.05, 0) is 44.9 Å². The molecule has 4 heteroatoms. The van der Waals surface area contributed by atoms with Crippen LogP contribution in [-0.2, 0) is 4.79 Å². The van der Waals surface area contributed by atoms with E-state index in [1.54, 1.807) is 11.8 Å². The van der Waals surface area contributed by atoms with Gasteiger partial charge in [0.05, 0.1) is 4.75 Å². The van der Waals surface area contributed by atoms with Crippen molar-refractivity contribution in [2.75, 3.05) is 19.6 Å². The summed E-state index contributed by atoms with van der Waals surface area (Å²) >= 11 is 1.76. The summed E-state index contributed by atoms with van der Waals surface area (Å²) in [5.74, 6) is 0.222. The molecule has 0 spiro atoms. The second kappa shape index (κ2) is 7.54. The zero-order valence-electron chi connectivity index (χ0n) is 13.9. The van der Waals surface area contributed by atoms with E-state index >= 15 is 0 Å². The van der Waals surface area contributed by atoms with E-state index in [1.165, 1.54) is 16.0 Å². The van der Waals surface area contributed by atoms with Crippen molar-refractivity contribution < 1.29 is 4.79 Å². The van der Waals surface area contributed by atoms with E-state index in [9.17, 15) is 4.79 Å². The molecule has 23 heavy (non-hydrogen) atoms. The van der Waals surface area contributed by atoms with Gasteiger partial charge in [-0.25, -0.2) is 0 Å². The van der Waals surface area contributed by atoms with Crippen LogP contribution in [0.15, 0.2) is 40.8 Å². The molecular weight excluding hydrogens is 304 g/mol. The highest BCUT2D eigenvalue weighted by atomic mass is 32.2. The molecule has 0 unspecified atom stereocenters. The van der Waals surface area contributed by atoms with Gasteiger partial charge in [-0.15, -0.1) is 11.8 Å². The Morgan fingerprint density at radius 3 is 2.65 bits per heavy atom. The summed E-state index contributed by atoms with van der Waals surface area (Å²) in [6.45, 7) is 4.75. The lowest BCUT2D eigenvalue weighted by molar-refractivity contribution is -0.123. The van der Waals surface area contributed by atoms with Gasteiger partial charge in [-0.2, -0.15) is 0 Å². The number of hydrogen-bond donors (Lipinski definition) is 2. The van der Waals surface area contributed by atoms with Crippen LogP contribution in [0.1, 0.15) is 37.7 Å². The maximum absolute atomic E-state index is 12.9. The Kier molecular flexibility index (Phi) is 5.44. The summed E-state index contributed by atoms with van der Waals surface area (Å²) in [5.41, 5.74) is 2.61. The molecule has 1 aromatic carbocycles. The Morgan fingerprint density at radius 2 is 2.00 bits per heavy atom. The average Bonchev–Trinajstić information content (AvgIpc) is 3.05. The quantitative estimate of drug-likeness (QED) is 0.813. The Balaban J connectivity index is 1.65. The minimum absolute atomic E-state index is 0.222. The molecule has 1 aliphatic heterocycles. The summed E-state index contributed by atoms with van der Waals surface area (Å²) in [4.78, 5) is 14.1. The molecule has 2 N–H and O–H groups in total. The number of amides is 1. The summed E-state index contributed by atoms with van der Waals surface area (Å²) in [5, 5.41) is 6.52. The smallest absolute Gasteiger partial charge is 0.236 e. The van der Waals surface area contributed by atoms with E-state index in [0.717, 1.165) is 45.2 Å². The van der Waals surface area contributed by atoms with Gasteiger partial charge in [0, 0.05) is 18.0 Å². The van der Waals surface area contributed by atoms with E-state index in [0.29, 0.717) is 6.54 Å². The van der Waals surface area contributed by atoms with Gasteiger partial charge in [0.25, 0.3) is 0 Å². The number of carbonyl (C=O) groups excluding carboxylic acids is 1. The van der Waals surface area contributed by atoms with E-state index in [4.69, 9.17) is 0 Å².